The molecule has 4 unspecified atom stereocenters. The number of phenols is 2. The Morgan fingerprint density at radius 1 is 0.584 bits per heavy atom. The number of rotatable bonds is 30. The number of phenolic OH excluding ortho intramolecular Hbond substituents is 2. The van der Waals surface area contributed by atoms with Gasteiger partial charge in [-0.3, -0.25) is 28.1 Å². The summed E-state index contributed by atoms with van der Waals surface area (Å²) >= 11 is 1.40. The van der Waals surface area contributed by atoms with Crippen LogP contribution in [-0.4, -0.2) is 145 Å². The van der Waals surface area contributed by atoms with Crippen LogP contribution in [0.3, 0.4) is 0 Å². The highest BCUT2D eigenvalue weighted by atomic mass is 32.2. The maximum absolute atomic E-state index is 15.7. The van der Waals surface area contributed by atoms with Gasteiger partial charge in [0.25, 0.3) is 46.9 Å². The zero-order valence-corrected chi connectivity index (χ0v) is 86.9. The number of pyridine rings is 3. The van der Waals surface area contributed by atoms with Gasteiger partial charge < -0.3 is 110 Å². The van der Waals surface area contributed by atoms with Crippen molar-refractivity contribution in [2.45, 2.75) is 115 Å². The Morgan fingerprint density at radius 2 is 1.11 bits per heavy atom. The maximum Gasteiger partial charge on any atom is 0.370 e. The third kappa shape index (κ3) is 20.8. The number of likely N-dealkylation sites (N-methyl/N-ethyl adjacent to an activating group) is 2. The summed E-state index contributed by atoms with van der Waals surface area (Å²) in [6.07, 6.45) is 17.2. The van der Waals surface area contributed by atoms with E-state index in [0.717, 1.165) is 50.7 Å². The van der Waals surface area contributed by atoms with Crippen molar-refractivity contribution in [2.24, 2.45) is 0 Å². The molecular formula is C108H104N15O22P3S. The Balaban J connectivity index is 0.634. The van der Waals surface area contributed by atoms with Crippen LogP contribution >= 0.6 is 35.2 Å². The topological polar surface area (TPSA) is 493 Å². The van der Waals surface area contributed by atoms with E-state index in [1.807, 2.05) is 156 Å². The van der Waals surface area contributed by atoms with E-state index >= 15 is 9.90 Å². The molecule has 5 atom stereocenters. The number of phosphoric acid groups is 3. The van der Waals surface area contributed by atoms with E-state index in [1.165, 1.54) is 77.4 Å². The molecule has 0 bridgehead atoms. The number of carbonyl (C=O) groups excluding carboxylic acids is 5. The molecule has 37 nitrogen and oxygen atoms in total. The first-order valence-electron chi connectivity index (χ1n) is 47.4. The van der Waals surface area contributed by atoms with Crippen molar-refractivity contribution in [3.8, 4) is 62.7 Å². The molecule has 764 valence electrons. The zero-order chi connectivity index (χ0) is 106. The molecule has 3 amide bonds. The van der Waals surface area contributed by atoms with Gasteiger partial charge in [0.15, 0.2) is 42.1 Å². The van der Waals surface area contributed by atoms with Crippen LogP contribution in [0.2, 0.25) is 0 Å². The number of allylic oxidation sites excluding steroid dienone is 2. The Labute approximate surface area is 859 Å². The minimum Gasteiger partial charge on any atom is -0.756 e. The number of benzene rings is 8. The van der Waals surface area contributed by atoms with Gasteiger partial charge >= 0.3 is 28.0 Å². The number of nitrogens with one attached hydrogen (secondary N) is 3. The first-order chi connectivity index (χ1) is 70.7. The molecule has 1 fully saturated rings. The number of fused-ring (bicyclic) bond motifs is 7. The number of ether oxygens (including phenoxy) is 1. The average Bonchev–Trinajstić information content (AvgIpc) is 1.65. The summed E-state index contributed by atoms with van der Waals surface area (Å²) in [5.74, 6) is 0.373. The fourth-order valence-corrected chi connectivity index (χ4v) is 23.9. The molecule has 8 aromatic carbocycles. The van der Waals surface area contributed by atoms with Crippen LogP contribution in [0.25, 0.3) is 105 Å². The molecule has 0 saturated carbocycles. The fourth-order valence-electron chi connectivity index (χ4n) is 19.9. The molecule has 3 aliphatic rings. The number of nitrogens with zero attached hydrogens (tertiary/aromatic N) is 11. The lowest BCUT2D eigenvalue weighted by Gasteiger charge is -2.42. The third-order valence-corrected chi connectivity index (χ3v) is 31.5. The van der Waals surface area contributed by atoms with Crippen LogP contribution in [0.15, 0.2) is 238 Å². The van der Waals surface area contributed by atoms with Crippen molar-refractivity contribution < 1.29 is 118 Å². The number of carboxylic acid groups (broad SMARTS) is 2. The number of nitrogen functional groups attached to an aromatic ring is 1. The predicted molar refractivity (Wildman–Crippen MR) is 555 cm³/mol. The van der Waals surface area contributed by atoms with Gasteiger partial charge in [-0.05, 0) is 175 Å². The highest BCUT2D eigenvalue weighted by molar-refractivity contribution is 7.99. The van der Waals surface area contributed by atoms with Crippen molar-refractivity contribution in [3.05, 3.63) is 275 Å². The number of carboxylic acids is 2. The lowest BCUT2D eigenvalue weighted by atomic mass is 9.84. The lowest BCUT2D eigenvalue weighted by molar-refractivity contribution is -0.637. The normalized spacial score (nSPS) is 15.9. The largest absolute Gasteiger partial charge is 0.756 e. The van der Waals surface area contributed by atoms with E-state index in [9.17, 15) is 62.9 Å². The molecule has 18 rings (SSSR count). The molecule has 0 aliphatic carbocycles. The number of hydrogen-bond acceptors (Lipinski definition) is 28. The Kier molecular flexibility index (Phi) is 28.3. The summed E-state index contributed by atoms with van der Waals surface area (Å²) in [5, 5.41) is 62.1. The molecule has 1 saturated heterocycles. The number of nitrogens with two attached hydrogens (primary N) is 1. The van der Waals surface area contributed by atoms with Crippen LogP contribution in [0.5, 0.6) is 11.5 Å². The van der Waals surface area contributed by atoms with Crippen molar-refractivity contribution in [1.82, 2.24) is 30.5 Å². The zero-order valence-electron chi connectivity index (χ0n) is 83.4. The summed E-state index contributed by atoms with van der Waals surface area (Å²) in [7, 11) is -6.22. The van der Waals surface area contributed by atoms with E-state index in [4.69, 9.17) is 24.2 Å². The number of aromatic hydroxyl groups is 2. The lowest BCUT2D eigenvalue weighted by Crippen LogP contribution is -2.45. The van der Waals surface area contributed by atoms with Crippen LogP contribution in [0, 0.1) is 11.8 Å². The Morgan fingerprint density at radius 3 is 1.66 bits per heavy atom. The van der Waals surface area contributed by atoms with Gasteiger partial charge in [-0.15, -0.1) is 0 Å². The standard InChI is InChI=1S/C108H104N15O22P3S/c1-15-122-83-52-87-80(50-77(83)61(3)54-107(122,5)6)92(81-51-78-62(4)55-108(7,8)123(16-2)84(78)53-88(81)142-87)93-94(106(131)132)95(118-42-35-68(36-43-118)115(9)10)97(120-46-39-70(40-47-120)117(13)14)99(96(93)119-44-37-69(38-45-119)116(11)12)149-73-28-23-65(24-29-73)102(126)111-56-63-19-21-64(22-20-63)103(127)112-57-82-85(125)33-32-76-91(75-31-26-71(124)49-86(75)143-98(76)82)79-48-66(25-30-74(79)105(129)130)104(128)110-41-17-18-67-58-121(101-90(67)100(109)113-60-114-101)89-34-27-72(141-89)59-140-147(136,137)145-148(138,139)144-146(133,134)135/h19-26,28-33,35-40,42-55,58,60,72,89H,15-16,27,34,41,56-57,59H2,1-14H3,(H8-5,109,110,111,112,113,114,124,125,126,127,128,129,130,131,132,133,134,135,136,137,138,139)/t72-,89?/m0/s1. The van der Waals surface area contributed by atoms with Crippen molar-refractivity contribution >= 4 is 165 Å². The summed E-state index contributed by atoms with van der Waals surface area (Å²) in [6.45, 7) is 17.2. The van der Waals surface area contributed by atoms with Gasteiger partial charge in [-0.1, -0.05) is 54.0 Å². The number of carbonyl (C=O) groups is 5. The molecule has 15 aromatic rings. The van der Waals surface area contributed by atoms with Gasteiger partial charge in [0, 0.05) is 171 Å². The van der Waals surface area contributed by atoms with Crippen molar-refractivity contribution in [2.75, 3.05) is 98.8 Å². The molecule has 0 radical (unpaired) electrons. The fraction of sp³-hybridized carbons (Fsp3) is 0.241. The summed E-state index contributed by atoms with van der Waals surface area (Å²) in [5.41, 5.74) is 18.5. The van der Waals surface area contributed by atoms with Crippen LogP contribution in [-0.2, 0) is 44.7 Å². The van der Waals surface area contributed by atoms with Crippen LogP contribution in [0.4, 0.5) is 34.3 Å². The van der Waals surface area contributed by atoms with Crippen LogP contribution < -0.4 is 84.8 Å². The third-order valence-electron chi connectivity index (χ3n) is 26.7. The Hall–Kier alpha value is -15.3. The van der Waals surface area contributed by atoms with Crippen molar-refractivity contribution in [1.29, 1.82) is 0 Å². The highest BCUT2D eigenvalue weighted by Crippen LogP contribution is 2.62. The summed E-state index contributed by atoms with van der Waals surface area (Å²) < 4.78 is 73.8. The van der Waals surface area contributed by atoms with E-state index in [2.05, 4.69) is 153 Å². The van der Waals surface area contributed by atoms with Crippen molar-refractivity contribution in [3.63, 3.8) is 0 Å². The molecule has 10 heterocycles. The van der Waals surface area contributed by atoms with E-state index in [0.29, 0.717) is 78.4 Å². The molecule has 3 aliphatic heterocycles. The summed E-state index contributed by atoms with van der Waals surface area (Å²) in [6, 6.07) is 44.7. The number of aromatic nitrogens is 6. The smallest absolute Gasteiger partial charge is 0.370 e. The van der Waals surface area contributed by atoms with Gasteiger partial charge in [0.1, 0.15) is 41.1 Å². The second-order valence-electron chi connectivity index (χ2n) is 38.0. The van der Waals surface area contributed by atoms with E-state index < -0.39 is 72.1 Å². The number of hydrogen-bond donors (Lipinski definition) is 7. The maximum atomic E-state index is 15.7. The SMILES string of the molecule is CCN1c2cc3[o+]c4cc5c(cc4c(-c4c(C(=O)[O-])c(-[n+]6ccc(N(C)C)cc6)c(-[n+]6ccc(N(C)C)cc6)c(Sc6ccc(C(=O)NCc7ccc(C(=O)NCc8c(O)ccc9c(-c%10cc(C(=O)NCC#Cc%11cn(C%12CC[C@@H](COP(=O)([O-])OP(=O)([O-])OP(=O)([O-])O)O%12)c%12ncnc(N)c%11%12)ccc%10C(=O)[O-])c%10ccc(O)cc%10[o+]c89)cc7)cc6)c4-[n+]4ccc(N(C)C)cc4)c3cc2C(C)=CC1(C)C)C(C)=CC(C)(C)N5CC. The first kappa shape index (κ1) is 104. The minimum atomic E-state index is -6.15. The van der Waals surface area contributed by atoms with Gasteiger partial charge in [-0.25, -0.2) is 27.4 Å². The highest BCUT2D eigenvalue weighted by Gasteiger charge is 2.46. The van der Waals surface area contributed by atoms with Gasteiger partial charge in [0.2, 0.25) is 5.69 Å². The molecular weight excluding hydrogens is 1980 g/mol. The predicted octanol–water partition coefficient (Wildman–Crippen LogP) is 12.8. The number of aromatic carboxylic acids is 2. The second-order valence-corrected chi connectivity index (χ2v) is 43.4. The quantitative estimate of drug-likeness (QED) is 0.00723. The van der Waals surface area contributed by atoms with E-state index in [-0.39, 0.29) is 144 Å². The molecule has 8 N–H and O–H groups in total. The second kappa shape index (κ2) is 40.7. The number of amides is 3. The van der Waals surface area contributed by atoms with E-state index in [1.54, 1.807) is 36.4 Å². The molecule has 7 aromatic heterocycles. The number of phosphoric ester groups is 1. The van der Waals surface area contributed by atoms with Gasteiger partial charge in [-0.2, -0.15) is 13.7 Å². The minimum absolute atomic E-state index is 0.00302. The molecule has 41 heteroatoms. The number of anilines is 6. The van der Waals surface area contributed by atoms with Crippen LogP contribution in [0.1, 0.15) is 154 Å². The average molecular weight is 2090 g/mol. The monoisotopic (exact) mass is 2090 g/mol. The van der Waals surface area contributed by atoms with Gasteiger partial charge in [0.05, 0.1) is 122 Å². The molecule has 149 heavy (non-hydrogen) atoms. The first-order valence-corrected chi connectivity index (χ1v) is 52.7. The molecule has 0 spiro atoms. The summed E-state index contributed by atoms with van der Waals surface area (Å²) in [4.78, 5) is 136. The Bertz CT molecular complexity index is 8220.